The topological polar surface area (TPSA) is 48.3 Å². The number of ether oxygens (including phenoxy) is 1. The van der Waals surface area contributed by atoms with Crippen LogP contribution in [0.25, 0.3) is 10.9 Å². The zero-order valence-corrected chi connectivity index (χ0v) is 11.2. The number of aldehydes is 1. The van der Waals surface area contributed by atoms with Crippen molar-refractivity contribution in [2.45, 2.75) is 19.4 Å². The average molecular weight is 269 g/mol. The maximum absolute atomic E-state index is 12.0. The second-order valence-corrected chi connectivity index (χ2v) is 4.36. The summed E-state index contributed by atoms with van der Waals surface area (Å²) in [7, 11) is 0. The fraction of sp³-hybridized carbons (Fsp3) is 0.250. The van der Waals surface area contributed by atoms with Crippen molar-refractivity contribution in [3.8, 4) is 12.3 Å². The minimum Gasteiger partial charge on any atom is -0.451 e. The second-order valence-electron chi connectivity index (χ2n) is 4.36. The maximum Gasteiger partial charge on any atom is 0.330 e. The summed E-state index contributed by atoms with van der Waals surface area (Å²) in [5.74, 6) is 1.89. The molecule has 102 valence electrons. The third-order valence-corrected chi connectivity index (χ3v) is 3.19. The summed E-state index contributed by atoms with van der Waals surface area (Å²) < 4.78 is 6.78. The van der Waals surface area contributed by atoms with Gasteiger partial charge in [0.05, 0.1) is 0 Å². The van der Waals surface area contributed by atoms with Crippen molar-refractivity contribution in [3.05, 3.63) is 36.0 Å². The number of terminal acetylenes is 1. The van der Waals surface area contributed by atoms with E-state index in [4.69, 9.17) is 11.2 Å². The number of carbonyl (C=O) groups excluding carboxylic acids is 2. The van der Waals surface area contributed by atoms with Gasteiger partial charge < -0.3 is 9.30 Å². The number of hydrogen-bond acceptors (Lipinski definition) is 3. The lowest BCUT2D eigenvalue weighted by Crippen LogP contribution is -2.21. The van der Waals surface area contributed by atoms with E-state index in [9.17, 15) is 9.59 Å². The first kappa shape index (κ1) is 13.9. The molecule has 1 aromatic carbocycles. The van der Waals surface area contributed by atoms with Crippen LogP contribution in [0.5, 0.6) is 0 Å². The highest BCUT2D eigenvalue weighted by molar-refractivity contribution is 5.98. The Morgan fingerprint density at radius 2 is 2.25 bits per heavy atom. The summed E-state index contributed by atoms with van der Waals surface area (Å²) in [4.78, 5) is 23.2. The largest absolute Gasteiger partial charge is 0.451 e. The molecule has 0 saturated heterocycles. The fourth-order valence-electron chi connectivity index (χ4n) is 2.27. The van der Waals surface area contributed by atoms with E-state index in [1.54, 1.807) is 10.8 Å². The standard InChI is InChI=1S/C16H15NO3/c1-3-9-20-16(19)14(4-2)17-10-12(11-18)13-7-5-6-8-15(13)17/h1,5-8,10-11,14H,4,9H2,2H3. The van der Waals surface area contributed by atoms with Crippen LogP contribution in [0.1, 0.15) is 29.7 Å². The molecular formula is C16H15NO3. The number of benzene rings is 1. The van der Waals surface area contributed by atoms with Gasteiger partial charge >= 0.3 is 5.97 Å². The lowest BCUT2D eigenvalue weighted by Gasteiger charge is -2.16. The van der Waals surface area contributed by atoms with Crippen molar-refractivity contribution in [3.63, 3.8) is 0 Å². The molecule has 1 unspecified atom stereocenters. The maximum atomic E-state index is 12.0. The third kappa shape index (κ3) is 2.43. The first-order valence-corrected chi connectivity index (χ1v) is 6.37. The smallest absolute Gasteiger partial charge is 0.330 e. The lowest BCUT2D eigenvalue weighted by molar-refractivity contribution is -0.146. The van der Waals surface area contributed by atoms with Gasteiger partial charge in [-0.2, -0.15) is 0 Å². The fourth-order valence-corrected chi connectivity index (χ4v) is 2.27. The van der Waals surface area contributed by atoms with Crippen molar-refractivity contribution in [1.29, 1.82) is 0 Å². The predicted molar refractivity (Wildman–Crippen MR) is 76.4 cm³/mol. The number of aromatic nitrogens is 1. The Labute approximate surface area is 117 Å². The molecular weight excluding hydrogens is 254 g/mol. The molecule has 2 rings (SSSR count). The van der Waals surface area contributed by atoms with Crippen molar-refractivity contribution in [2.75, 3.05) is 6.61 Å². The lowest BCUT2D eigenvalue weighted by atomic mass is 10.2. The Morgan fingerprint density at radius 1 is 1.50 bits per heavy atom. The van der Waals surface area contributed by atoms with Crippen LogP contribution in [0.15, 0.2) is 30.5 Å². The summed E-state index contributed by atoms with van der Waals surface area (Å²) >= 11 is 0. The SMILES string of the molecule is C#CCOC(=O)C(CC)n1cc(C=O)c2ccccc21. The van der Waals surface area contributed by atoms with E-state index in [1.165, 1.54) is 0 Å². The molecule has 1 aromatic heterocycles. The van der Waals surface area contributed by atoms with Gasteiger partial charge in [0.2, 0.25) is 0 Å². The Morgan fingerprint density at radius 3 is 2.90 bits per heavy atom. The highest BCUT2D eigenvalue weighted by atomic mass is 16.5. The summed E-state index contributed by atoms with van der Waals surface area (Å²) in [6, 6.07) is 6.97. The van der Waals surface area contributed by atoms with Crippen LogP contribution in [0, 0.1) is 12.3 Å². The van der Waals surface area contributed by atoms with Gasteiger partial charge in [0, 0.05) is 22.7 Å². The number of nitrogens with zero attached hydrogens (tertiary/aromatic N) is 1. The molecule has 0 amide bonds. The quantitative estimate of drug-likeness (QED) is 0.476. The van der Waals surface area contributed by atoms with Gasteiger partial charge in [-0.3, -0.25) is 4.79 Å². The van der Waals surface area contributed by atoms with E-state index in [-0.39, 0.29) is 12.6 Å². The Balaban J connectivity index is 2.47. The highest BCUT2D eigenvalue weighted by Crippen LogP contribution is 2.26. The second kappa shape index (κ2) is 6.07. The molecule has 0 bridgehead atoms. The van der Waals surface area contributed by atoms with Crippen LogP contribution in [-0.2, 0) is 9.53 Å². The summed E-state index contributed by atoms with van der Waals surface area (Å²) in [5, 5.41) is 0.825. The minimum absolute atomic E-state index is 0.0466. The highest BCUT2D eigenvalue weighted by Gasteiger charge is 2.22. The van der Waals surface area contributed by atoms with Crippen LogP contribution >= 0.6 is 0 Å². The van der Waals surface area contributed by atoms with Crippen LogP contribution in [-0.4, -0.2) is 23.4 Å². The minimum atomic E-state index is -0.484. The summed E-state index contributed by atoms with van der Waals surface area (Å²) in [6.07, 6.45) is 8.12. The third-order valence-electron chi connectivity index (χ3n) is 3.19. The van der Waals surface area contributed by atoms with Crippen LogP contribution < -0.4 is 0 Å². The Kier molecular flexibility index (Phi) is 4.21. The molecule has 0 fully saturated rings. The van der Waals surface area contributed by atoms with Crippen molar-refractivity contribution in [1.82, 2.24) is 4.57 Å². The van der Waals surface area contributed by atoms with Gasteiger partial charge in [-0.1, -0.05) is 31.0 Å². The normalized spacial score (nSPS) is 11.8. The average Bonchev–Trinajstić information content (AvgIpc) is 2.85. The van der Waals surface area contributed by atoms with Gasteiger partial charge in [-0.15, -0.1) is 6.42 Å². The van der Waals surface area contributed by atoms with Gasteiger partial charge in [0.15, 0.2) is 12.9 Å². The van der Waals surface area contributed by atoms with E-state index < -0.39 is 6.04 Å². The van der Waals surface area contributed by atoms with Crippen molar-refractivity contribution >= 4 is 23.2 Å². The Bertz CT molecular complexity index is 679. The molecule has 4 heteroatoms. The number of fused-ring (bicyclic) bond motifs is 1. The van der Waals surface area contributed by atoms with Gasteiger partial charge in [0.25, 0.3) is 0 Å². The molecule has 2 aromatic rings. The van der Waals surface area contributed by atoms with Crippen LogP contribution in [0.3, 0.4) is 0 Å². The summed E-state index contributed by atoms with van der Waals surface area (Å²) in [5.41, 5.74) is 1.39. The zero-order chi connectivity index (χ0) is 14.5. The van der Waals surface area contributed by atoms with Crippen LogP contribution in [0.2, 0.25) is 0 Å². The summed E-state index contributed by atoms with van der Waals surface area (Å²) in [6.45, 7) is 1.84. The van der Waals surface area contributed by atoms with Gasteiger partial charge in [0.1, 0.15) is 6.04 Å². The molecule has 4 nitrogen and oxygen atoms in total. The number of rotatable bonds is 5. The molecule has 0 aliphatic carbocycles. The Hall–Kier alpha value is -2.54. The van der Waals surface area contributed by atoms with E-state index in [2.05, 4.69) is 5.92 Å². The van der Waals surface area contributed by atoms with E-state index >= 15 is 0 Å². The van der Waals surface area contributed by atoms with Crippen molar-refractivity contribution in [2.24, 2.45) is 0 Å². The van der Waals surface area contributed by atoms with E-state index in [0.717, 1.165) is 17.2 Å². The molecule has 0 saturated carbocycles. The van der Waals surface area contributed by atoms with Gasteiger partial charge in [-0.05, 0) is 12.5 Å². The number of esters is 1. The molecule has 0 radical (unpaired) electrons. The van der Waals surface area contributed by atoms with E-state index in [0.29, 0.717) is 12.0 Å². The number of hydrogen-bond donors (Lipinski definition) is 0. The number of carbonyl (C=O) groups is 2. The first-order chi connectivity index (χ1) is 9.72. The monoisotopic (exact) mass is 269 g/mol. The molecule has 1 atom stereocenters. The molecule has 0 spiro atoms. The van der Waals surface area contributed by atoms with Crippen molar-refractivity contribution < 1.29 is 14.3 Å². The first-order valence-electron chi connectivity index (χ1n) is 6.37. The molecule has 0 N–H and O–H groups in total. The predicted octanol–water partition coefficient (Wildman–Crippen LogP) is 2.58. The molecule has 1 heterocycles. The van der Waals surface area contributed by atoms with Gasteiger partial charge in [-0.25, -0.2) is 4.79 Å². The zero-order valence-electron chi connectivity index (χ0n) is 11.2. The van der Waals surface area contributed by atoms with E-state index in [1.807, 2.05) is 31.2 Å². The molecule has 0 aliphatic rings. The molecule has 20 heavy (non-hydrogen) atoms. The van der Waals surface area contributed by atoms with Crippen LogP contribution in [0.4, 0.5) is 0 Å². The number of para-hydroxylation sites is 1. The molecule has 0 aliphatic heterocycles.